The first kappa shape index (κ1) is 16.7. The highest BCUT2D eigenvalue weighted by atomic mass is 16.3. The molecule has 5 nitrogen and oxygen atoms in total. The van der Waals surface area contributed by atoms with Crippen molar-refractivity contribution < 1.29 is 5.11 Å². The maximum Gasteiger partial charge on any atom is 0.134 e. The predicted octanol–water partition coefficient (Wildman–Crippen LogP) is 2.46. The minimum Gasteiger partial charge on any atom is -0.396 e. The molecule has 0 aliphatic heterocycles. The van der Waals surface area contributed by atoms with Crippen LogP contribution in [0.4, 0.5) is 11.6 Å². The normalized spacial score (nSPS) is 10.9. The summed E-state index contributed by atoms with van der Waals surface area (Å²) in [6, 6.07) is 2.35. The number of aryl methyl sites for hydroxylation is 1. The monoisotopic (exact) mass is 280 g/mol. The molecule has 0 saturated carbocycles. The molecule has 0 unspecified atom stereocenters. The molecule has 0 aliphatic carbocycles. The predicted molar refractivity (Wildman–Crippen MR) is 84.4 cm³/mol. The van der Waals surface area contributed by atoms with Gasteiger partial charge in [0.15, 0.2) is 0 Å². The Morgan fingerprint density at radius 2 is 2.05 bits per heavy atom. The minimum absolute atomic E-state index is 0.205. The SMILES string of the molecule is CCCc1nc(NCC)cc(N(CCCO)C(C)C)n1. The average molecular weight is 280 g/mol. The van der Waals surface area contributed by atoms with E-state index in [0.717, 1.165) is 49.8 Å². The molecule has 1 rings (SSSR count). The van der Waals surface area contributed by atoms with Crippen LogP contribution in [0.15, 0.2) is 6.07 Å². The summed E-state index contributed by atoms with van der Waals surface area (Å²) in [5.41, 5.74) is 0. The Bertz CT molecular complexity index is 371. The molecule has 0 amide bonds. The van der Waals surface area contributed by atoms with Gasteiger partial charge in [0.1, 0.15) is 17.5 Å². The van der Waals surface area contributed by atoms with Crippen molar-refractivity contribution in [3.8, 4) is 0 Å². The highest BCUT2D eigenvalue weighted by Gasteiger charge is 2.14. The van der Waals surface area contributed by atoms with Crippen LogP contribution in [0, 0.1) is 0 Å². The van der Waals surface area contributed by atoms with Crippen LogP contribution in [0.5, 0.6) is 0 Å². The molecule has 0 aromatic carbocycles. The fourth-order valence-corrected chi connectivity index (χ4v) is 2.12. The maximum absolute atomic E-state index is 9.05. The highest BCUT2D eigenvalue weighted by molar-refractivity contribution is 5.50. The van der Waals surface area contributed by atoms with Gasteiger partial charge in [0.2, 0.25) is 0 Å². The zero-order valence-electron chi connectivity index (χ0n) is 13.2. The zero-order valence-corrected chi connectivity index (χ0v) is 13.2. The van der Waals surface area contributed by atoms with Crippen LogP contribution < -0.4 is 10.2 Å². The van der Waals surface area contributed by atoms with Gasteiger partial charge in [-0.25, -0.2) is 9.97 Å². The molecule has 1 heterocycles. The van der Waals surface area contributed by atoms with Crippen molar-refractivity contribution in [3.63, 3.8) is 0 Å². The lowest BCUT2D eigenvalue weighted by Crippen LogP contribution is -2.33. The van der Waals surface area contributed by atoms with E-state index in [2.05, 4.69) is 47.9 Å². The second kappa shape index (κ2) is 8.74. The van der Waals surface area contributed by atoms with Crippen LogP contribution in [-0.2, 0) is 6.42 Å². The molecular weight excluding hydrogens is 252 g/mol. The van der Waals surface area contributed by atoms with Crippen LogP contribution in [0.25, 0.3) is 0 Å². The summed E-state index contributed by atoms with van der Waals surface area (Å²) in [4.78, 5) is 11.4. The molecule has 114 valence electrons. The Hall–Kier alpha value is -1.36. The summed E-state index contributed by atoms with van der Waals surface area (Å²) in [5, 5.41) is 12.3. The molecule has 0 saturated heterocycles. The molecule has 0 spiro atoms. The van der Waals surface area contributed by atoms with E-state index in [4.69, 9.17) is 5.11 Å². The van der Waals surface area contributed by atoms with E-state index in [1.54, 1.807) is 0 Å². The lowest BCUT2D eigenvalue weighted by Gasteiger charge is -2.28. The molecular formula is C15H28N4O. The fraction of sp³-hybridized carbons (Fsp3) is 0.733. The van der Waals surface area contributed by atoms with Gasteiger partial charge in [-0.2, -0.15) is 0 Å². The third-order valence-corrected chi connectivity index (χ3v) is 3.07. The number of nitrogens with one attached hydrogen (secondary N) is 1. The Balaban J connectivity index is 3.04. The van der Waals surface area contributed by atoms with Gasteiger partial charge < -0.3 is 15.3 Å². The third-order valence-electron chi connectivity index (χ3n) is 3.07. The van der Waals surface area contributed by atoms with Gasteiger partial charge >= 0.3 is 0 Å². The molecule has 1 aromatic rings. The van der Waals surface area contributed by atoms with E-state index in [1.807, 2.05) is 6.07 Å². The molecule has 20 heavy (non-hydrogen) atoms. The Labute approximate surface area is 122 Å². The van der Waals surface area contributed by atoms with Crippen LogP contribution in [0.2, 0.25) is 0 Å². The number of hydrogen-bond donors (Lipinski definition) is 2. The molecule has 0 radical (unpaired) electrons. The van der Waals surface area contributed by atoms with Gasteiger partial charge in [0, 0.05) is 38.2 Å². The number of aromatic nitrogens is 2. The maximum atomic E-state index is 9.05. The van der Waals surface area contributed by atoms with E-state index in [0.29, 0.717) is 6.04 Å². The number of anilines is 2. The van der Waals surface area contributed by atoms with Crippen molar-refractivity contribution in [1.82, 2.24) is 9.97 Å². The fourth-order valence-electron chi connectivity index (χ4n) is 2.12. The molecule has 5 heteroatoms. The molecule has 0 bridgehead atoms. The minimum atomic E-state index is 0.205. The smallest absolute Gasteiger partial charge is 0.134 e. The zero-order chi connectivity index (χ0) is 15.0. The van der Waals surface area contributed by atoms with Crippen molar-refractivity contribution in [1.29, 1.82) is 0 Å². The van der Waals surface area contributed by atoms with Gasteiger partial charge in [-0.05, 0) is 33.6 Å². The molecule has 0 aliphatic rings. The van der Waals surface area contributed by atoms with E-state index >= 15 is 0 Å². The standard InChI is InChI=1S/C15H28N4O/c1-5-8-13-17-14(16-6-2)11-15(18-13)19(12(3)4)9-7-10-20/h11-12,20H,5-10H2,1-4H3,(H,16,17,18). The largest absolute Gasteiger partial charge is 0.396 e. The average Bonchev–Trinajstić information content (AvgIpc) is 2.39. The number of nitrogens with zero attached hydrogens (tertiary/aromatic N) is 3. The van der Waals surface area contributed by atoms with Crippen LogP contribution in [0.3, 0.4) is 0 Å². The number of rotatable bonds is 9. The Morgan fingerprint density at radius 3 is 2.60 bits per heavy atom. The van der Waals surface area contributed by atoms with Crippen molar-refractivity contribution in [3.05, 3.63) is 11.9 Å². The lowest BCUT2D eigenvalue weighted by atomic mass is 10.2. The van der Waals surface area contributed by atoms with Crippen LogP contribution >= 0.6 is 0 Å². The molecule has 0 fully saturated rings. The summed E-state index contributed by atoms with van der Waals surface area (Å²) in [6.45, 7) is 10.3. The second-order valence-corrected chi connectivity index (χ2v) is 5.17. The number of hydrogen-bond acceptors (Lipinski definition) is 5. The van der Waals surface area contributed by atoms with Gasteiger partial charge in [-0.15, -0.1) is 0 Å². The first-order valence-corrected chi connectivity index (χ1v) is 7.61. The molecule has 1 aromatic heterocycles. The van der Waals surface area contributed by atoms with E-state index in [1.165, 1.54) is 0 Å². The Kier molecular flexibility index (Phi) is 7.30. The van der Waals surface area contributed by atoms with Gasteiger partial charge in [0.05, 0.1) is 0 Å². The first-order valence-electron chi connectivity index (χ1n) is 7.61. The summed E-state index contributed by atoms with van der Waals surface area (Å²) in [5.74, 6) is 2.72. The van der Waals surface area contributed by atoms with Gasteiger partial charge in [0.25, 0.3) is 0 Å². The first-order chi connectivity index (χ1) is 9.62. The second-order valence-electron chi connectivity index (χ2n) is 5.17. The lowest BCUT2D eigenvalue weighted by molar-refractivity contribution is 0.288. The van der Waals surface area contributed by atoms with Crippen molar-refractivity contribution >= 4 is 11.6 Å². The summed E-state index contributed by atoms with van der Waals surface area (Å²) in [7, 11) is 0. The van der Waals surface area contributed by atoms with Crippen molar-refractivity contribution in [2.24, 2.45) is 0 Å². The van der Waals surface area contributed by atoms with E-state index in [9.17, 15) is 0 Å². The molecule has 2 N–H and O–H groups in total. The van der Waals surface area contributed by atoms with Crippen LogP contribution in [0.1, 0.15) is 46.4 Å². The summed E-state index contributed by atoms with van der Waals surface area (Å²) in [6.07, 6.45) is 2.67. The Morgan fingerprint density at radius 1 is 1.30 bits per heavy atom. The number of aliphatic hydroxyl groups is 1. The third kappa shape index (κ3) is 4.96. The summed E-state index contributed by atoms with van der Waals surface area (Å²) < 4.78 is 0. The van der Waals surface area contributed by atoms with Crippen molar-refractivity contribution in [2.45, 2.75) is 53.0 Å². The highest BCUT2D eigenvalue weighted by Crippen LogP contribution is 2.19. The topological polar surface area (TPSA) is 61.3 Å². The quantitative estimate of drug-likeness (QED) is 0.727. The van der Waals surface area contributed by atoms with Crippen LogP contribution in [-0.4, -0.2) is 40.8 Å². The van der Waals surface area contributed by atoms with E-state index < -0.39 is 0 Å². The van der Waals surface area contributed by atoms with Gasteiger partial charge in [-0.3, -0.25) is 0 Å². The number of aliphatic hydroxyl groups excluding tert-OH is 1. The summed E-state index contributed by atoms with van der Waals surface area (Å²) >= 11 is 0. The van der Waals surface area contributed by atoms with Crippen molar-refractivity contribution in [2.75, 3.05) is 29.9 Å². The van der Waals surface area contributed by atoms with Gasteiger partial charge in [-0.1, -0.05) is 6.92 Å². The molecule has 0 atom stereocenters. The van der Waals surface area contributed by atoms with E-state index in [-0.39, 0.29) is 6.61 Å².